The van der Waals surface area contributed by atoms with Gasteiger partial charge in [0.25, 0.3) is 5.91 Å². The SMILES string of the molecule is O=C(O)CCOc1ccc(/C=C2/SC(=S)N(c3ccc(F)c(Cl)c3)C2=O)cc1. The Morgan fingerprint density at radius 1 is 1.29 bits per heavy atom. The predicted molar refractivity (Wildman–Crippen MR) is 111 cm³/mol. The van der Waals surface area contributed by atoms with Crippen molar-refractivity contribution in [3.63, 3.8) is 0 Å². The Morgan fingerprint density at radius 3 is 2.64 bits per heavy atom. The Kier molecular flexibility index (Phi) is 6.33. The van der Waals surface area contributed by atoms with Gasteiger partial charge in [-0.15, -0.1) is 0 Å². The van der Waals surface area contributed by atoms with Crippen LogP contribution in [-0.2, 0) is 9.59 Å². The lowest BCUT2D eigenvalue weighted by atomic mass is 10.2. The molecule has 2 aromatic carbocycles. The maximum Gasteiger partial charge on any atom is 0.306 e. The lowest BCUT2D eigenvalue weighted by molar-refractivity contribution is -0.137. The van der Waals surface area contributed by atoms with E-state index >= 15 is 0 Å². The molecule has 3 rings (SSSR count). The van der Waals surface area contributed by atoms with Gasteiger partial charge in [0.2, 0.25) is 0 Å². The first-order chi connectivity index (χ1) is 13.3. The fraction of sp³-hybridized carbons (Fsp3) is 0.105. The first-order valence-corrected chi connectivity index (χ1v) is 9.63. The third kappa shape index (κ3) is 4.70. The molecule has 1 aliphatic rings. The highest BCUT2D eigenvalue weighted by Gasteiger charge is 2.33. The maximum atomic E-state index is 13.4. The van der Waals surface area contributed by atoms with Crippen molar-refractivity contribution in [1.82, 2.24) is 0 Å². The van der Waals surface area contributed by atoms with Crippen LogP contribution in [0.25, 0.3) is 6.08 Å². The van der Waals surface area contributed by atoms with Gasteiger partial charge in [0, 0.05) is 0 Å². The molecular weight excluding hydrogens is 425 g/mol. The number of halogens is 2. The average Bonchev–Trinajstić information content (AvgIpc) is 2.92. The highest BCUT2D eigenvalue weighted by molar-refractivity contribution is 8.27. The fourth-order valence-electron chi connectivity index (χ4n) is 2.38. The topological polar surface area (TPSA) is 66.8 Å². The second kappa shape index (κ2) is 8.72. The Labute approximate surface area is 174 Å². The van der Waals surface area contributed by atoms with Crippen molar-refractivity contribution in [3.8, 4) is 5.75 Å². The summed E-state index contributed by atoms with van der Waals surface area (Å²) in [6.07, 6.45) is 1.60. The first-order valence-electron chi connectivity index (χ1n) is 8.03. The normalized spacial score (nSPS) is 15.4. The summed E-state index contributed by atoms with van der Waals surface area (Å²) in [5, 5.41) is 8.52. The van der Waals surface area contributed by atoms with Crippen LogP contribution < -0.4 is 9.64 Å². The smallest absolute Gasteiger partial charge is 0.306 e. The van der Waals surface area contributed by atoms with Crippen LogP contribution in [0.2, 0.25) is 5.02 Å². The number of ether oxygens (including phenoxy) is 1. The molecule has 1 saturated heterocycles. The van der Waals surface area contributed by atoms with Crippen LogP contribution >= 0.6 is 35.6 Å². The molecule has 1 aliphatic heterocycles. The van der Waals surface area contributed by atoms with Gasteiger partial charge in [-0.2, -0.15) is 0 Å². The number of nitrogens with zero attached hydrogens (tertiary/aromatic N) is 1. The number of hydrogen-bond acceptors (Lipinski definition) is 5. The molecular formula is C19H13ClFNO4S2. The maximum absolute atomic E-state index is 13.4. The third-order valence-corrected chi connectivity index (χ3v) is 5.31. The lowest BCUT2D eigenvalue weighted by Gasteiger charge is -2.14. The number of thiocarbonyl (C=S) groups is 1. The van der Waals surface area contributed by atoms with Gasteiger partial charge in [-0.05, 0) is 42.0 Å². The molecule has 0 saturated carbocycles. The van der Waals surface area contributed by atoms with Crippen molar-refractivity contribution < 1.29 is 23.8 Å². The van der Waals surface area contributed by atoms with E-state index in [4.69, 9.17) is 33.7 Å². The quantitative estimate of drug-likeness (QED) is 0.520. The van der Waals surface area contributed by atoms with Crippen molar-refractivity contribution in [2.45, 2.75) is 6.42 Å². The van der Waals surface area contributed by atoms with E-state index < -0.39 is 11.8 Å². The van der Waals surface area contributed by atoms with E-state index in [1.807, 2.05) is 0 Å². The highest BCUT2D eigenvalue weighted by atomic mass is 35.5. The monoisotopic (exact) mass is 437 g/mol. The largest absolute Gasteiger partial charge is 0.493 e. The van der Waals surface area contributed by atoms with Crippen LogP contribution in [0.1, 0.15) is 12.0 Å². The molecule has 1 N–H and O–H groups in total. The summed E-state index contributed by atoms with van der Waals surface area (Å²) in [5.41, 5.74) is 1.16. The van der Waals surface area contributed by atoms with Crippen molar-refractivity contribution in [3.05, 3.63) is 63.8 Å². The highest BCUT2D eigenvalue weighted by Crippen LogP contribution is 2.37. The number of benzene rings is 2. The standard InChI is InChI=1S/C19H13ClFNO4S2/c20-14-10-12(3-6-15(14)21)22-18(25)16(28-19(22)27)9-11-1-4-13(5-2-11)26-8-7-17(23)24/h1-6,9-10H,7-8H2,(H,23,24)/b16-9+. The van der Waals surface area contributed by atoms with Gasteiger partial charge in [0.15, 0.2) is 4.32 Å². The first kappa shape index (κ1) is 20.3. The third-order valence-electron chi connectivity index (χ3n) is 3.72. The van der Waals surface area contributed by atoms with Crippen LogP contribution in [0, 0.1) is 5.82 Å². The molecule has 144 valence electrons. The van der Waals surface area contributed by atoms with Crippen LogP contribution in [0.4, 0.5) is 10.1 Å². The van der Waals surface area contributed by atoms with Gasteiger partial charge in [-0.3, -0.25) is 14.5 Å². The van der Waals surface area contributed by atoms with E-state index in [1.54, 1.807) is 30.3 Å². The van der Waals surface area contributed by atoms with Gasteiger partial charge in [-0.1, -0.05) is 47.7 Å². The zero-order chi connectivity index (χ0) is 20.3. The van der Waals surface area contributed by atoms with Crippen LogP contribution in [0.15, 0.2) is 47.4 Å². The minimum Gasteiger partial charge on any atom is -0.493 e. The van der Waals surface area contributed by atoms with Gasteiger partial charge < -0.3 is 9.84 Å². The molecule has 0 aliphatic carbocycles. The molecule has 1 amide bonds. The number of aliphatic carboxylic acids is 1. The summed E-state index contributed by atoms with van der Waals surface area (Å²) >= 11 is 12.2. The van der Waals surface area contributed by atoms with Crippen LogP contribution in [-0.4, -0.2) is 27.9 Å². The van der Waals surface area contributed by atoms with Crippen molar-refractivity contribution in [2.75, 3.05) is 11.5 Å². The summed E-state index contributed by atoms with van der Waals surface area (Å²) in [7, 11) is 0. The molecule has 0 radical (unpaired) electrons. The minimum atomic E-state index is -0.930. The molecule has 0 atom stereocenters. The molecule has 0 spiro atoms. The molecule has 2 aromatic rings. The van der Waals surface area contributed by atoms with E-state index in [0.29, 0.717) is 20.7 Å². The van der Waals surface area contributed by atoms with Gasteiger partial charge in [0.05, 0.1) is 28.6 Å². The van der Waals surface area contributed by atoms with Crippen molar-refractivity contribution >= 4 is 63.5 Å². The molecule has 0 unspecified atom stereocenters. The number of carbonyl (C=O) groups is 2. The number of rotatable bonds is 6. The number of carboxylic acids is 1. The Balaban J connectivity index is 1.74. The minimum absolute atomic E-state index is 0.0770. The zero-order valence-electron chi connectivity index (χ0n) is 14.2. The number of hydrogen-bond donors (Lipinski definition) is 1. The molecule has 1 fully saturated rings. The molecule has 1 heterocycles. The van der Waals surface area contributed by atoms with Gasteiger partial charge in [-0.25, -0.2) is 4.39 Å². The van der Waals surface area contributed by atoms with Crippen LogP contribution in [0.5, 0.6) is 5.75 Å². The summed E-state index contributed by atoms with van der Waals surface area (Å²) in [5.74, 6) is -1.29. The van der Waals surface area contributed by atoms with Crippen molar-refractivity contribution in [1.29, 1.82) is 0 Å². The second-order valence-corrected chi connectivity index (χ2v) is 7.76. The zero-order valence-corrected chi connectivity index (χ0v) is 16.6. The van der Waals surface area contributed by atoms with E-state index in [1.165, 1.54) is 23.1 Å². The summed E-state index contributed by atoms with van der Waals surface area (Å²) in [6, 6.07) is 10.9. The molecule has 9 heteroatoms. The number of anilines is 1. The van der Waals surface area contributed by atoms with Gasteiger partial charge >= 0.3 is 5.97 Å². The Bertz CT molecular complexity index is 978. The number of carboxylic acid groups (broad SMARTS) is 1. The van der Waals surface area contributed by atoms with E-state index in [0.717, 1.165) is 17.3 Å². The number of amides is 1. The summed E-state index contributed by atoms with van der Waals surface area (Å²) < 4.78 is 19.0. The van der Waals surface area contributed by atoms with Gasteiger partial charge in [0.1, 0.15) is 11.6 Å². The molecule has 0 bridgehead atoms. The van der Waals surface area contributed by atoms with E-state index in [9.17, 15) is 14.0 Å². The Hall–Kier alpha value is -2.42. The van der Waals surface area contributed by atoms with Crippen LogP contribution in [0.3, 0.4) is 0 Å². The number of thioether (sulfide) groups is 1. The fourth-order valence-corrected chi connectivity index (χ4v) is 3.86. The summed E-state index contributed by atoms with van der Waals surface area (Å²) in [4.78, 5) is 24.9. The Morgan fingerprint density at radius 2 is 2.00 bits per heavy atom. The lowest BCUT2D eigenvalue weighted by Crippen LogP contribution is -2.27. The summed E-state index contributed by atoms with van der Waals surface area (Å²) in [6.45, 7) is 0.0770. The second-order valence-electron chi connectivity index (χ2n) is 5.68. The van der Waals surface area contributed by atoms with E-state index in [2.05, 4.69) is 0 Å². The number of carbonyl (C=O) groups excluding carboxylic acids is 1. The predicted octanol–water partition coefficient (Wildman–Crippen LogP) is 4.74. The molecule has 5 nitrogen and oxygen atoms in total. The average molecular weight is 438 g/mol. The molecule has 0 aromatic heterocycles. The van der Waals surface area contributed by atoms with E-state index in [-0.39, 0.29) is 24.0 Å². The van der Waals surface area contributed by atoms with Crippen molar-refractivity contribution in [2.24, 2.45) is 0 Å². The molecule has 28 heavy (non-hydrogen) atoms.